The molecule has 22 heavy (non-hydrogen) atoms. The van der Waals surface area contributed by atoms with Crippen molar-refractivity contribution in [1.82, 2.24) is 20.1 Å². The monoisotopic (exact) mass is 298 g/mol. The highest BCUT2D eigenvalue weighted by molar-refractivity contribution is 5.94. The van der Waals surface area contributed by atoms with E-state index in [0.29, 0.717) is 6.54 Å². The van der Waals surface area contributed by atoms with Gasteiger partial charge >= 0.3 is 0 Å². The summed E-state index contributed by atoms with van der Waals surface area (Å²) in [6.45, 7) is 4.53. The molecule has 5 nitrogen and oxygen atoms in total. The van der Waals surface area contributed by atoms with E-state index in [4.69, 9.17) is 0 Å². The van der Waals surface area contributed by atoms with Crippen LogP contribution < -0.4 is 5.32 Å². The molecular weight excluding hydrogens is 276 g/mol. The van der Waals surface area contributed by atoms with Crippen LogP contribution in [0.15, 0.2) is 24.5 Å². The molecule has 0 fully saturated rings. The van der Waals surface area contributed by atoms with Gasteiger partial charge in [0.25, 0.3) is 5.91 Å². The SMILES string of the molecule is CC(C)n1cnnc1CNC(=O)c1ccc2c(c1)CCCC2. The summed E-state index contributed by atoms with van der Waals surface area (Å²) in [5, 5.41) is 10.9. The fourth-order valence-corrected chi connectivity index (χ4v) is 2.96. The Kier molecular flexibility index (Phi) is 4.22. The van der Waals surface area contributed by atoms with Gasteiger partial charge in [-0.25, -0.2) is 0 Å². The van der Waals surface area contributed by atoms with Crippen LogP contribution in [0.5, 0.6) is 0 Å². The number of rotatable bonds is 4. The Morgan fingerprint density at radius 2 is 2.05 bits per heavy atom. The number of hydrogen-bond acceptors (Lipinski definition) is 3. The van der Waals surface area contributed by atoms with Gasteiger partial charge in [-0.1, -0.05) is 6.07 Å². The van der Waals surface area contributed by atoms with Gasteiger partial charge in [-0.3, -0.25) is 4.79 Å². The second-order valence-electron chi connectivity index (χ2n) is 6.12. The van der Waals surface area contributed by atoms with Crippen LogP contribution in [0.4, 0.5) is 0 Å². The van der Waals surface area contributed by atoms with Crippen LogP contribution in [0.1, 0.15) is 60.0 Å². The molecule has 1 amide bonds. The van der Waals surface area contributed by atoms with E-state index in [1.165, 1.54) is 24.0 Å². The van der Waals surface area contributed by atoms with Gasteiger partial charge in [0.15, 0.2) is 5.82 Å². The lowest BCUT2D eigenvalue weighted by molar-refractivity contribution is 0.0949. The molecule has 0 unspecified atom stereocenters. The van der Waals surface area contributed by atoms with Crippen molar-refractivity contribution in [3.63, 3.8) is 0 Å². The lowest BCUT2D eigenvalue weighted by Crippen LogP contribution is -2.25. The quantitative estimate of drug-likeness (QED) is 0.944. The highest BCUT2D eigenvalue weighted by Gasteiger charge is 2.14. The minimum atomic E-state index is -0.0494. The molecule has 0 bridgehead atoms. The average Bonchev–Trinajstić information content (AvgIpc) is 3.01. The zero-order valence-electron chi connectivity index (χ0n) is 13.2. The van der Waals surface area contributed by atoms with Crippen molar-refractivity contribution < 1.29 is 4.79 Å². The van der Waals surface area contributed by atoms with Crippen LogP contribution in [0, 0.1) is 0 Å². The van der Waals surface area contributed by atoms with Gasteiger partial charge in [-0.05, 0) is 62.8 Å². The van der Waals surface area contributed by atoms with Crippen molar-refractivity contribution in [3.05, 3.63) is 47.0 Å². The van der Waals surface area contributed by atoms with Gasteiger partial charge in [-0.2, -0.15) is 0 Å². The Balaban J connectivity index is 1.68. The molecule has 0 spiro atoms. The third-order valence-electron chi connectivity index (χ3n) is 4.22. The Morgan fingerprint density at radius 1 is 1.27 bits per heavy atom. The maximum atomic E-state index is 12.3. The zero-order chi connectivity index (χ0) is 15.5. The van der Waals surface area contributed by atoms with Crippen LogP contribution in [0.25, 0.3) is 0 Å². The molecule has 5 heteroatoms. The molecule has 1 heterocycles. The van der Waals surface area contributed by atoms with E-state index < -0.39 is 0 Å². The van der Waals surface area contributed by atoms with Gasteiger partial charge in [0, 0.05) is 11.6 Å². The predicted molar refractivity (Wildman–Crippen MR) is 84.7 cm³/mol. The fraction of sp³-hybridized carbons (Fsp3) is 0.471. The molecule has 0 saturated carbocycles. The maximum Gasteiger partial charge on any atom is 0.251 e. The van der Waals surface area contributed by atoms with Crippen molar-refractivity contribution >= 4 is 5.91 Å². The molecule has 0 radical (unpaired) electrons. The highest BCUT2D eigenvalue weighted by atomic mass is 16.1. The first kappa shape index (κ1) is 14.8. The van der Waals surface area contributed by atoms with E-state index in [1.54, 1.807) is 6.33 Å². The van der Waals surface area contributed by atoms with Crippen LogP contribution in [0.3, 0.4) is 0 Å². The lowest BCUT2D eigenvalue weighted by atomic mass is 9.90. The van der Waals surface area contributed by atoms with E-state index in [2.05, 4.69) is 35.4 Å². The Morgan fingerprint density at radius 3 is 2.82 bits per heavy atom. The second kappa shape index (κ2) is 6.30. The van der Waals surface area contributed by atoms with Crippen LogP contribution >= 0.6 is 0 Å². The van der Waals surface area contributed by atoms with E-state index in [0.717, 1.165) is 24.2 Å². The molecule has 116 valence electrons. The van der Waals surface area contributed by atoms with E-state index in [-0.39, 0.29) is 11.9 Å². The van der Waals surface area contributed by atoms with Gasteiger partial charge in [0.05, 0.1) is 6.54 Å². The maximum absolute atomic E-state index is 12.3. The van der Waals surface area contributed by atoms with Crippen molar-refractivity contribution in [3.8, 4) is 0 Å². The van der Waals surface area contributed by atoms with Crippen LogP contribution in [-0.4, -0.2) is 20.7 Å². The van der Waals surface area contributed by atoms with Gasteiger partial charge in [-0.15, -0.1) is 10.2 Å². The van der Waals surface area contributed by atoms with E-state index in [1.807, 2.05) is 16.7 Å². The van der Waals surface area contributed by atoms with E-state index in [9.17, 15) is 4.79 Å². The molecule has 0 aliphatic heterocycles. The first-order valence-electron chi connectivity index (χ1n) is 7.93. The third kappa shape index (κ3) is 3.03. The summed E-state index contributed by atoms with van der Waals surface area (Å²) in [5.74, 6) is 0.730. The van der Waals surface area contributed by atoms with Gasteiger partial charge in [0.1, 0.15) is 6.33 Å². The average molecular weight is 298 g/mol. The number of hydrogen-bond donors (Lipinski definition) is 1. The molecule has 0 atom stereocenters. The normalized spacial score (nSPS) is 14.0. The Labute approximate surface area is 130 Å². The summed E-state index contributed by atoms with van der Waals surface area (Å²) in [6.07, 6.45) is 6.39. The predicted octanol–water partition coefficient (Wildman–Crippen LogP) is 2.67. The Bertz CT molecular complexity index is 675. The van der Waals surface area contributed by atoms with Crippen molar-refractivity contribution in [2.24, 2.45) is 0 Å². The molecular formula is C17H22N4O. The summed E-state index contributed by atoms with van der Waals surface area (Å²) < 4.78 is 1.97. The molecule has 1 aliphatic carbocycles. The standard InChI is InChI=1S/C17H22N4O/c1-12(2)21-11-19-20-16(21)10-18-17(22)15-8-7-13-5-3-4-6-14(13)9-15/h7-9,11-12H,3-6,10H2,1-2H3,(H,18,22). The summed E-state index contributed by atoms with van der Waals surface area (Å²) in [6, 6.07) is 6.34. The molecule has 1 aliphatic rings. The highest BCUT2D eigenvalue weighted by Crippen LogP contribution is 2.22. The number of aryl methyl sites for hydroxylation is 2. The molecule has 1 N–H and O–H groups in total. The minimum Gasteiger partial charge on any atom is -0.345 e. The molecule has 2 aromatic rings. The van der Waals surface area contributed by atoms with Crippen molar-refractivity contribution in [2.75, 3.05) is 0 Å². The number of fused-ring (bicyclic) bond motifs is 1. The molecule has 1 aromatic carbocycles. The first-order valence-corrected chi connectivity index (χ1v) is 7.93. The van der Waals surface area contributed by atoms with Gasteiger partial charge < -0.3 is 9.88 Å². The number of nitrogens with one attached hydrogen (secondary N) is 1. The number of aromatic nitrogens is 3. The first-order chi connectivity index (χ1) is 10.6. The topological polar surface area (TPSA) is 59.8 Å². The van der Waals surface area contributed by atoms with Crippen LogP contribution in [-0.2, 0) is 19.4 Å². The smallest absolute Gasteiger partial charge is 0.251 e. The zero-order valence-corrected chi connectivity index (χ0v) is 13.2. The van der Waals surface area contributed by atoms with Gasteiger partial charge in [0.2, 0.25) is 0 Å². The number of carbonyl (C=O) groups excluding carboxylic acids is 1. The fourth-order valence-electron chi connectivity index (χ4n) is 2.96. The number of amides is 1. The van der Waals surface area contributed by atoms with Crippen molar-refractivity contribution in [1.29, 1.82) is 0 Å². The lowest BCUT2D eigenvalue weighted by Gasteiger charge is -2.16. The second-order valence-corrected chi connectivity index (χ2v) is 6.12. The third-order valence-corrected chi connectivity index (χ3v) is 4.22. The van der Waals surface area contributed by atoms with E-state index >= 15 is 0 Å². The summed E-state index contributed by atoms with van der Waals surface area (Å²) >= 11 is 0. The van der Waals surface area contributed by atoms with Crippen LogP contribution in [0.2, 0.25) is 0 Å². The summed E-state index contributed by atoms with van der Waals surface area (Å²) in [4.78, 5) is 12.3. The largest absolute Gasteiger partial charge is 0.345 e. The Hall–Kier alpha value is -2.17. The number of nitrogens with zero attached hydrogens (tertiary/aromatic N) is 3. The minimum absolute atomic E-state index is 0.0494. The summed E-state index contributed by atoms with van der Waals surface area (Å²) in [7, 11) is 0. The summed E-state index contributed by atoms with van der Waals surface area (Å²) in [5.41, 5.74) is 3.45. The number of benzene rings is 1. The molecule has 3 rings (SSSR count). The number of carbonyl (C=O) groups is 1. The molecule has 1 aromatic heterocycles. The van der Waals surface area contributed by atoms with Crippen molar-refractivity contribution in [2.45, 2.75) is 52.1 Å². The molecule has 0 saturated heterocycles.